The molecule has 20 nitrogen and oxygen atoms in total. The van der Waals surface area contributed by atoms with Crippen LogP contribution in [0, 0.1) is 0 Å². The standard InChI is InChI=1S/C35H51N11O9S2/c1-19-34(55)46(17-21-15-40-24-8-4-3-7-23(21)24)20(2)31(52)43-22(13-27(36)47)18-57-56-12-10-28(48)44-25(9-5-6-11-39-35(37)38)32(53)41-16-29(49)45-26(14-30(50)51)33(54)42-19/h3-4,7-8,15,19-20,22,25-26,40H,5-6,9-14,16-18H2,1-2H3,(H2,36,47)(H,41,53)(H,42,54)(H,43,52)(H,44,48)(H,45,49)(H,50,51)(H4,37,38,39). The minimum absolute atomic E-state index is 0.00507. The normalized spacial score (nSPS) is 22.7. The number of rotatable bonds is 11. The zero-order chi connectivity index (χ0) is 42.1. The van der Waals surface area contributed by atoms with E-state index in [2.05, 4.69) is 36.6 Å². The predicted molar refractivity (Wildman–Crippen MR) is 215 cm³/mol. The zero-order valence-corrected chi connectivity index (χ0v) is 33.3. The number of aromatic amines is 1. The van der Waals surface area contributed by atoms with Crippen LogP contribution in [0.1, 0.15) is 57.9 Å². The summed E-state index contributed by atoms with van der Waals surface area (Å²) in [7, 11) is 2.58. The summed E-state index contributed by atoms with van der Waals surface area (Å²) in [6.45, 7) is 2.37. The van der Waals surface area contributed by atoms with Gasteiger partial charge in [-0.3, -0.25) is 43.3 Å². The van der Waals surface area contributed by atoms with Crippen molar-refractivity contribution in [3.05, 3.63) is 36.0 Å². The van der Waals surface area contributed by atoms with Crippen LogP contribution in [0.15, 0.2) is 35.5 Å². The topological polar surface area (TPSA) is 326 Å². The number of guanidine groups is 1. The Labute approximate surface area is 336 Å². The number of carboxylic acids is 1. The number of nitrogens with two attached hydrogens (primary N) is 3. The molecule has 1 aliphatic rings. The lowest BCUT2D eigenvalue weighted by Gasteiger charge is -2.32. The Bertz CT molecular complexity index is 1800. The quantitative estimate of drug-likeness (QED) is 0.0536. The van der Waals surface area contributed by atoms with Gasteiger partial charge in [0.15, 0.2) is 5.96 Å². The fraction of sp³-hybridized carbons (Fsp3) is 0.514. The summed E-state index contributed by atoms with van der Waals surface area (Å²) in [6, 6.07) is 1.37. The molecule has 0 aliphatic carbocycles. The molecule has 2 heterocycles. The summed E-state index contributed by atoms with van der Waals surface area (Å²) in [5, 5.41) is 22.9. The number of aliphatic imine (C=N–C) groups is 1. The molecule has 1 aromatic carbocycles. The van der Waals surface area contributed by atoms with Crippen LogP contribution in [0.2, 0.25) is 0 Å². The Morgan fingerprint density at radius 2 is 1.60 bits per heavy atom. The maximum Gasteiger partial charge on any atom is 0.305 e. The van der Waals surface area contributed by atoms with E-state index >= 15 is 0 Å². The number of fused-ring (bicyclic) bond motifs is 1. The van der Waals surface area contributed by atoms with E-state index in [-0.39, 0.29) is 44.1 Å². The number of aliphatic carboxylic acids is 1. The highest BCUT2D eigenvalue weighted by molar-refractivity contribution is 8.76. The molecular formula is C35H51N11O9S2. The largest absolute Gasteiger partial charge is 0.481 e. The van der Waals surface area contributed by atoms with Gasteiger partial charge >= 0.3 is 5.97 Å². The second-order valence-electron chi connectivity index (χ2n) is 13.3. The zero-order valence-electron chi connectivity index (χ0n) is 31.7. The van der Waals surface area contributed by atoms with E-state index in [1.807, 2.05) is 24.3 Å². The molecule has 13 N–H and O–H groups in total. The van der Waals surface area contributed by atoms with Gasteiger partial charge in [0.05, 0.1) is 13.0 Å². The van der Waals surface area contributed by atoms with Gasteiger partial charge in [-0.1, -0.05) is 39.8 Å². The van der Waals surface area contributed by atoms with E-state index in [0.717, 1.165) is 10.9 Å². The molecule has 2 aromatic rings. The van der Waals surface area contributed by atoms with Crippen LogP contribution in [0.4, 0.5) is 0 Å². The maximum atomic E-state index is 14.1. The molecule has 3 rings (SSSR count). The van der Waals surface area contributed by atoms with E-state index < -0.39 is 90.5 Å². The molecule has 0 saturated carbocycles. The lowest BCUT2D eigenvalue weighted by atomic mass is 10.1. The number of aromatic nitrogens is 1. The van der Waals surface area contributed by atoms with Crippen LogP contribution in [0.5, 0.6) is 0 Å². The average molecular weight is 834 g/mol. The Kier molecular flexibility index (Phi) is 18.4. The molecule has 57 heavy (non-hydrogen) atoms. The third-order valence-corrected chi connectivity index (χ3v) is 11.2. The van der Waals surface area contributed by atoms with Crippen LogP contribution < -0.4 is 43.8 Å². The lowest BCUT2D eigenvalue weighted by molar-refractivity contribution is -0.144. The number of hydrogen-bond acceptors (Lipinski definition) is 11. The van der Waals surface area contributed by atoms with Crippen molar-refractivity contribution in [2.45, 2.75) is 89.1 Å². The number of nitrogens with zero attached hydrogens (tertiary/aromatic N) is 2. The summed E-state index contributed by atoms with van der Waals surface area (Å²) in [4.78, 5) is 112. The molecular weight excluding hydrogens is 783 g/mol. The van der Waals surface area contributed by atoms with Crippen LogP contribution >= 0.6 is 21.6 Å². The number of para-hydroxylation sites is 1. The number of nitrogens with one attached hydrogen (secondary N) is 6. The van der Waals surface area contributed by atoms with Crippen LogP contribution in [0.3, 0.4) is 0 Å². The summed E-state index contributed by atoms with van der Waals surface area (Å²) < 4.78 is 0. The number of unbranched alkanes of at least 4 members (excludes halogenated alkanes) is 1. The van der Waals surface area contributed by atoms with Crippen molar-refractivity contribution >= 4 is 85.8 Å². The number of benzene rings is 1. The van der Waals surface area contributed by atoms with Gasteiger partial charge in [0.2, 0.25) is 41.4 Å². The average Bonchev–Trinajstić information content (AvgIpc) is 3.56. The van der Waals surface area contributed by atoms with Crippen molar-refractivity contribution in [2.75, 3.05) is 24.6 Å². The highest BCUT2D eigenvalue weighted by Crippen LogP contribution is 2.24. The lowest BCUT2D eigenvalue weighted by Crippen LogP contribution is -2.58. The van der Waals surface area contributed by atoms with Gasteiger partial charge in [-0.25, -0.2) is 0 Å². The van der Waals surface area contributed by atoms with E-state index in [0.29, 0.717) is 24.2 Å². The van der Waals surface area contributed by atoms with Gasteiger partial charge in [-0.05, 0) is 44.7 Å². The SMILES string of the molecule is CC1NC(=O)C(CC(=O)O)NC(=O)CNC(=O)C(CCCCN=C(N)N)NC(=O)CCSSCC(CC(N)=O)NC(=O)C(C)N(Cc2c[nH]c3ccccc23)C1=O. The molecule has 7 amide bonds. The van der Waals surface area contributed by atoms with E-state index in [4.69, 9.17) is 17.2 Å². The van der Waals surface area contributed by atoms with Gasteiger partial charge in [-0.15, -0.1) is 0 Å². The van der Waals surface area contributed by atoms with E-state index in [1.165, 1.54) is 40.3 Å². The summed E-state index contributed by atoms with van der Waals surface area (Å²) >= 11 is 0. The minimum atomic E-state index is -1.66. The Morgan fingerprint density at radius 1 is 0.877 bits per heavy atom. The molecule has 0 spiro atoms. The Hall–Kier alpha value is -5.51. The fourth-order valence-electron chi connectivity index (χ4n) is 5.78. The third-order valence-electron chi connectivity index (χ3n) is 8.73. The second kappa shape index (κ2) is 22.9. The van der Waals surface area contributed by atoms with Gasteiger partial charge in [0, 0.05) is 60.6 Å². The summed E-state index contributed by atoms with van der Waals surface area (Å²) in [6.07, 6.45) is 1.68. The van der Waals surface area contributed by atoms with Gasteiger partial charge < -0.3 is 58.8 Å². The Balaban J connectivity index is 1.91. The first-order valence-electron chi connectivity index (χ1n) is 18.2. The number of primary amides is 1. The maximum absolute atomic E-state index is 14.1. The Morgan fingerprint density at radius 3 is 2.30 bits per heavy atom. The van der Waals surface area contributed by atoms with Gasteiger partial charge in [-0.2, -0.15) is 0 Å². The molecule has 5 atom stereocenters. The van der Waals surface area contributed by atoms with E-state index in [1.54, 1.807) is 6.20 Å². The summed E-state index contributed by atoms with van der Waals surface area (Å²) in [5.74, 6) is -6.11. The summed E-state index contributed by atoms with van der Waals surface area (Å²) in [5.41, 5.74) is 17.7. The number of amides is 7. The van der Waals surface area contributed by atoms with Crippen LogP contribution in [0.25, 0.3) is 10.9 Å². The third kappa shape index (κ3) is 15.5. The first-order chi connectivity index (χ1) is 27.0. The van der Waals surface area contributed by atoms with Crippen molar-refractivity contribution in [1.82, 2.24) is 36.5 Å². The molecule has 1 fully saturated rings. The number of carbonyl (C=O) groups excluding carboxylic acids is 7. The van der Waals surface area contributed by atoms with Crippen molar-refractivity contribution in [3.8, 4) is 0 Å². The first-order valence-corrected chi connectivity index (χ1v) is 20.7. The van der Waals surface area contributed by atoms with Crippen molar-refractivity contribution < 1.29 is 43.5 Å². The van der Waals surface area contributed by atoms with Gasteiger partial charge in [0.25, 0.3) is 0 Å². The van der Waals surface area contributed by atoms with E-state index in [9.17, 15) is 43.5 Å². The van der Waals surface area contributed by atoms with Gasteiger partial charge in [0.1, 0.15) is 24.2 Å². The molecule has 312 valence electrons. The molecule has 0 bridgehead atoms. The molecule has 1 aliphatic heterocycles. The smallest absolute Gasteiger partial charge is 0.305 e. The highest BCUT2D eigenvalue weighted by atomic mass is 33.1. The van der Waals surface area contributed by atoms with Crippen LogP contribution in [-0.2, 0) is 44.9 Å². The number of carbonyl (C=O) groups is 8. The monoisotopic (exact) mass is 833 g/mol. The molecule has 1 saturated heterocycles. The number of H-pyrrole nitrogens is 1. The molecule has 0 radical (unpaired) electrons. The van der Waals surface area contributed by atoms with Crippen molar-refractivity contribution in [1.29, 1.82) is 0 Å². The number of carboxylic acid groups (broad SMARTS) is 1. The van der Waals surface area contributed by atoms with Crippen molar-refractivity contribution in [3.63, 3.8) is 0 Å². The van der Waals surface area contributed by atoms with Crippen LogP contribution in [-0.4, -0.2) is 123 Å². The molecule has 5 unspecified atom stereocenters. The minimum Gasteiger partial charge on any atom is -0.481 e. The molecule has 22 heteroatoms. The highest BCUT2D eigenvalue weighted by Gasteiger charge is 2.34. The molecule has 1 aromatic heterocycles. The first kappa shape index (κ1) is 45.9. The number of hydrogen-bond donors (Lipinski definition) is 10. The predicted octanol–water partition coefficient (Wildman–Crippen LogP) is -1.46. The second-order valence-corrected chi connectivity index (χ2v) is 15.9. The fourth-order valence-corrected chi connectivity index (χ4v) is 8.01. The van der Waals surface area contributed by atoms with Crippen molar-refractivity contribution in [2.24, 2.45) is 22.2 Å².